The molecule has 0 fully saturated rings. The fourth-order valence-corrected chi connectivity index (χ4v) is 2.80. The van der Waals surface area contributed by atoms with Crippen molar-refractivity contribution < 1.29 is 14.6 Å². The van der Waals surface area contributed by atoms with Gasteiger partial charge in [-0.1, -0.05) is 0 Å². The molecule has 0 atom stereocenters. The second-order valence-corrected chi connectivity index (χ2v) is 6.05. The normalized spacial score (nSPS) is 10.7. The van der Waals surface area contributed by atoms with E-state index in [1.807, 2.05) is 26.0 Å². The average Bonchev–Trinajstić information content (AvgIpc) is 2.60. The quantitative estimate of drug-likeness (QED) is 0.583. The summed E-state index contributed by atoms with van der Waals surface area (Å²) in [7, 11) is 0. The Hall–Kier alpha value is -2.54. The zero-order chi connectivity index (χ0) is 17.8. The van der Waals surface area contributed by atoms with Gasteiger partial charge in [0, 0.05) is 17.1 Å². The smallest absolute Gasteiger partial charge is 0.163 e. The number of hydrogen-bond acceptors (Lipinski definition) is 6. The number of nitrogens with zero attached hydrogens (tertiary/aromatic N) is 2. The van der Waals surface area contributed by atoms with E-state index in [2.05, 4.69) is 31.2 Å². The van der Waals surface area contributed by atoms with Crippen LogP contribution in [-0.4, -0.2) is 28.3 Å². The molecule has 1 aromatic heterocycles. The molecule has 0 bridgehead atoms. The van der Waals surface area contributed by atoms with Crippen LogP contribution in [0.5, 0.6) is 17.2 Å². The Morgan fingerprint density at radius 3 is 2.44 bits per heavy atom. The molecule has 130 valence electrons. The molecule has 7 heteroatoms. The predicted molar refractivity (Wildman–Crippen MR) is 101 cm³/mol. The minimum absolute atomic E-state index is 0.179. The average molecular weight is 404 g/mol. The Balaban J connectivity index is 2.05. The van der Waals surface area contributed by atoms with Crippen LogP contribution >= 0.6 is 15.9 Å². The number of aromatic hydroxyl groups is 1. The molecule has 1 heterocycles. The first-order chi connectivity index (χ1) is 12.1. The van der Waals surface area contributed by atoms with E-state index < -0.39 is 0 Å². The van der Waals surface area contributed by atoms with Gasteiger partial charge in [0.25, 0.3) is 0 Å². The molecular weight excluding hydrogens is 386 g/mol. The molecule has 2 aromatic carbocycles. The van der Waals surface area contributed by atoms with Crippen molar-refractivity contribution in [1.82, 2.24) is 9.97 Å². The zero-order valence-corrected chi connectivity index (χ0v) is 15.5. The first kappa shape index (κ1) is 17.3. The maximum absolute atomic E-state index is 9.63. The van der Waals surface area contributed by atoms with Crippen molar-refractivity contribution >= 4 is 38.3 Å². The summed E-state index contributed by atoms with van der Waals surface area (Å²) in [4.78, 5) is 8.66. The second kappa shape index (κ2) is 7.57. The van der Waals surface area contributed by atoms with Crippen molar-refractivity contribution in [3.63, 3.8) is 0 Å². The number of phenolic OH excluding ortho intramolecular Hbond substituents is 1. The molecule has 0 aliphatic rings. The minimum atomic E-state index is 0.179. The lowest BCUT2D eigenvalue weighted by Gasteiger charge is -2.14. The number of phenols is 1. The van der Waals surface area contributed by atoms with E-state index in [1.165, 1.54) is 6.33 Å². The number of hydrogen-bond donors (Lipinski definition) is 2. The first-order valence-corrected chi connectivity index (χ1v) is 8.71. The summed E-state index contributed by atoms with van der Waals surface area (Å²) in [6.07, 6.45) is 1.50. The van der Waals surface area contributed by atoms with E-state index in [-0.39, 0.29) is 5.75 Å². The number of fused-ring (bicyclic) bond motifs is 1. The molecule has 25 heavy (non-hydrogen) atoms. The maximum atomic E-state index is 9.63. The van der Waals surface area contributed by atoms with Gasteiger partial charge in [-0.05, 0) is 54.0 Å². The molecular formula is C18H18BrN3O3. The van der Waals surface area contributed by atoms with Gasteiger partial charge in [-0.2, -0.15) is 0 Å². The lowest BCUT2D eigenvalue weighted by Crippen LogP contribution is -2.01. The maximum Gasteiger partial charge on any atom is 0.163 e. The summed E-state index contributed by atoms with van der Waals surface area (Å²) in [5.74, 6) is 2.14. The highest BCUT2D eigenvalue weighted by atomic mass is 79.9. The van der Waals surface area contributed by atoms with Crippen LogP contribution in [-0.2, 0) is 0 Å². The van der Waals surface area contributed by atoms with Crippen molar-refractivity contribution in [2.24, 2.45) is 0 Å². The van der Waals surface area contributed by atoms with E-state index in [0.717, 1.165) is 16.6 Å². The van der Waals surface area contributed by atoms with Crippen LogP contribution in [0.4, 0.5) is 11.5 Å². The van der Waals surface area contributed by atoms with Crippen LogP contribution in [0.2, 0.25) is 0 Å². The summed E-state index contributed by atoms with van der Waals surface area (Å²) < 4.78 is 11.9. The molecule has 0 aliphatic heterocycles. The zero-order valence-electron chi connectivity index (χ0n) is 13.9. The van der Waals surface area contributed by atoms with Gasteiger partial charge in [-0.3, -0.25) is 0 Å². The highest BCUT2D eigenvalue weighted by Crippen LogP contribution is 2.35. The van der Waals surface area contributed by atoms with Crippen molar-refractivity contribution in [3.8, 4) is 17.2 Å². The topological polar surface area (TPSA) is 76.5 Å². The van der Waals surface area contributed by atoms with Gasteiger partial charge in [0.05, 0.1) is 23.2 Å². The van der Waals surface area contributed by atoms with Crippen LogP contribution in [0.15, 0.2) is 41.1 Å². The molecule has 0 saturated carbocycles. The summed E-state index contributed by atoms with van der Waals surface area (Å²) >= 11 is 3.31. The van der Waals surface area contributed by atoms with Gasteiger partial charge >= 0.3 is 0 Å². The fourth-order valence-electron chi connectivity index (χ4n) is 2.42. The van der Waals surface area contributed by atoms with Gasteiger partial charge in [0.2, 0.25) is 0 Å². The first-order valence-electron chi connectivity index (χ1n) is 7.92. The third kappa shape index (κ3) is 3.76. The molecule has 3 rings (SSSR count). The van der Waals surface area contributed by atoms with Gasteiger partial charge in [0.15, 0.2) is 11.5 Å². The van der Waals surface area contributed by atoms with Gasteiger partial charge < -0.3 is 19.9 Å². The van der Waals surface area contributed by atoms with Crippen LogP contribution < -0.4 is 14.8 Å². The Labute approximate surface area is 154 Å². The summed E-state index contributed by atoms with van der Waals surface area (Å²) in [5, 5.41) is 13.7. The molecule has 0 saturated heterocycles. The van der Waals surface area contributed by atoms with Crippen molar-refractivity contribution in [1.29, 1.82) is 0 Å². The summed E-state index contributed by atoms with van der Waals surface area (Å²) in [6.45, 7) is 4.93. The molecule has 0 radical (unpaired) electrons. The van der Waals surface area contributed by atoms with Gasteiger partial charge in [0.1, 0.15) is 17.9 Å². The van der Waals surface area contributed by atoms with E-state index in [4.69, 9.17) is 9.47 Å². The van der Waals surface area contributed by atoms with Crippen molar-refractivity contribution in [3.05, 3.63) is 41.1 Å². The van der Waals surface area contributed by atoms with Crippen LogP contribution in [0.3, 0.4) is 0 Å². The SMILES string of the molecule is CCOc1cc2ncnc(Nc3ccc(O)c(Br)c3)c2cc1OCC. The fraction of sp³-hybridized carbons (Fsp3) is 0.222. The molecule has 0 amide bonds. The molecule has 3 aromatic rings. The van der Waals surface area contributed by atoms with E-state index in [1.54, 1.807) is 18.2 Å². The van der Waals surface area contributed by atoms with E-state index >= 15 is 0 Å². The number of ether oxygens (including phenoxy) is 2. The lowest BCUT2D eigenvalue weighted by atomic mass is 10.2. The molecule has 2 N–H and O–H groups in total. The van der Waals surface area contributed by atoms with E-state index in [0.29, 0.717) is 35.0 Å². The number of benzene rings is 2. The summed E-state index contributed by atoms with van der Waals surface area (Å²) in [5.41, 5.74) is 1.54. The Morgan fingerprint density at radius 1 is 1.04 bits per heavy atom. The predicted octanol–water partition coefficient (Wildman–Crippen LogP) is 4.64. The standard InChI is InChI=1S/C18H18BrN3O3/c1-3-24-16-8-12-14(9-17(16)25-4-2)20-10-21-18(12)22-11-5-6-15(23)13(19)7-11/h5-10,23H,3-4H2,1-2H3,(H,20,21,22). The molecule has 0 aliphatic carbocycles. The van der Waals surface area contributed by atoms with Crippen LogP contribution in [0.1, 0.15) is 13.8 Å². The van der Waals surface area contributed by atoms with E-state index in [9.17, 15) is 5.11 Å². The Kier molecular flexibility index (Phi) is 5.23. The van der Waals surface area contributed by atoms with Gasteiger partial charge in [-0.25, -0.2) is 9.97 Å². The number of anilines is 2. The number of rotatable bonds is 6. The van der Waals surface area contributed by atoms with Crippen LogP contribution in [0.25, 0.3) is 10.9 Å². The Morgan fingerprint density at radius 2 is 1.76 bits per heavy atom. The number of nitrogens with one attached hydrogen (secondary N) is 1. The molecule has 0 unspecified atom stereocenters. The number of halogens is 1. The van der Waals surface area contributed by atoms with Gasteiger partial charge in [-0.15, -0.1) is 0 Å². The highest BCUT2D eigenvalue weighted by molar-refractivity contribution is 9.10. The Bertz CT molecular complexity index is 902. The third-order valence-electron chi connectivity index (χ3n) is 3.51. The largest absolute Gasteiger partial charge is 0.507 e. The lowest BCUT2D eigenvalue weighted by molar-refractivity contribution is 0.288. The number of aromatic nitrogens is 2. The highest BCUT2D eigenvalue weighted by Gasteiger charge is 2.12. The minimum Gasteiger partial charge on any atom is -0.507 e. The molecule has 0 spiro atoms. The third-order valence-corrected chi connectivity index (χ3v) is 4.15. The summed E-state index contributed by atoms with van der Waals surface area (Å²) in [6, 6.07) is 8.88. The monoisotopic (exact) mass is 403 g/mol. The van der Waals surface area contributed by atoms with Crippen molar-refractivity contribution in [2.75, 3.05) is 18.5 Å². The van der Waals surface area contributed by atoms with Crippen molar-refractivity contribution in [2.45, 2.75) is 13.8 Å². The van der Waals surface area contributed by atoms with Crippen LogP contribution in [0, 0.1) is 0 Å². The molecule has 6 nitrogen and oxygen atoms in total. The second-order valence-electron chi connectivity index (χ2n) is 5.20.